The third-order valence-corrected chi connectivity index (χ3v) is 2.29. The Kier molecular flexibility index (Phi) is 3.71. The Labute approximate surface area is 108 Å². The van der Waals surface area contributed by atoms with E-state index in [0.717, 1.165) is 11.4 Å². The standard InChI is InChI=1S/C10H9Cl2N5/c1-6-3-2-4-7(14-6)5-13-10-16-8(11)15-9(12)17-10/h2-4H,5H2,1H3,(H,13,15,16,17). The van der Waals surface area contributed by atoms with Crippen molar-refractivity contribution >= 4 is 29.2 Å². The molecule has 0 amide bonds. The summed E-state index contributed by atoms with van der Waals surface area (Å²) in [6, 6.07) is 5.78. The maximum Gasteiger partial charge on any atom is 0.228 e. The molecule has 0 atom stereocenters. The lowest BCUT2D eigenvalue weighted by Gasteiger charge is -2.04. The lowest BCUT2D eigenvalue weighted by atomic mass is 10.3. The molecule has 2 aromatic rings. The molecule has 2 aromatic heterocycles. The highest BCUT2D eigenvalue weighted by Gasteiger charge is 2.03. The summed E-state index contributed by atoms with van der Waals surface area (Å²) < 4.78 is 0. The second kappa shape index (κ2) is 5.25. The van der Waals surface area contributed by atoms with Crippen LogP contribution >= 0.6 is 23.2 Å². The van der Waals surface area contributed by atoms with Crippen molar-refractivity contribution in [2.24, 2.45) is 0 Å². The number of nitrogens with zero attached hydrogens (tertiary/aromatic N) is 4. The fraction of sp³-hybridized carbons (Fsp3) is 0.200. The number of aromatic nitrogens is 4. The monoisotopic (exact) mass is 269 g/mol. The zero-order chi connectivity index (χ0) is 12.3. The van der Waals surface area contributed by atoms with E-state index < -0.39 is 0 Å². The van der Waals surface area contributed by atoms with Crippen LogP contribution in [0, 0.1) is 6.92 Å². The largest absolute Gasteiger partial charge is 0.348 e. The molecule has 2 rings (SSSR count). The lowest BCUT2D eigenvalue weighted by molar-refractivity contribution is 0.963. The van der Waals surface area contributed by atoms with Crippen LogP contribution in [0.15, 0.2) is 18.2 Å². The van der Waals surface area contributed by atoms with Crippen LogP contribution in [-0.2, 0) is 6.54 Å². The van der Waals surface area contributed by atoms with Gasteiger partial charge in [0.2, 0.25) is 16.5 Å². The molecular weight excluding hydrogens is 261 g/mol. The number of aryl methyl sites for hydroxylation is 1. The second-order valence-electron chi connectivity index (χ2n) is 3.32. The fourth-order valence-electron chi connectivity index (χ4n) is 1.27. The van der Waals surface area contributed by atoms with E-state index in [-0.39, 0.29) is 10.6 Å². The van der Waals surface area contributed by atoms with Crippen LogP contribution in [0.4, 0.5) is 5.95 Å². The molecule has 2 heterocycles. The minimum Gasteiger partial charge on any atom is -0.348 e. The van der Waals surface area contributed by atoms with Crippen LogP contribution in [0.2, 0.25) is 10.6 Å². The first kappa shape index (κ1) is 12.0. The minimum atomic E-state index is 0.0599. The van der Waals surface area contributed by atoms with Gasteiger partial charge in [0.15, 0.2) is 0 Å². The van der Waals surface area contributed by atoms with Gasteiger partial charge in [0.1, 0.15) is 0 Å². The summed E-state index contributed by atoms with van der Waals surface area (Å²) in [6.45, 7) is 2.43. The molecule has 0 fully saturated rings. The number of hydrogen-bond acceptors (Lipinski definition) is 5. The normalized spacial score (nSPS) is 10.3. The molecule has 0 aliphatic carbocycles. The summed E-state index contributed by atoms with van der Waals surface area (Å²) in [6.07, 6.45) is 0. The summed E-state index contributed by atoms with van der Waals surface area (Å²) in [5.41, 5.74) is 1.84. The highest BCUT2D eigenvalue weighted by Crippen LogP contribution is 2.10. The van der Waals surface area contributed by atoms with Gasteiger partial charge in [-0.2, -0.15) is 15.0 Å². The molecule has 7 heteroatoms. The first-order valence-corrected chi connectivity index (χ1v) is 5.62. The summed E-state index contributed by atoms with van der Waals surface area (Å²) in [7, 11) is 0. The quantitative estimate of drug-likeness (QED) is 0.928. The summed E-state index contributed by atoms with van der Waals surface area (Å²) in [4.78, 5) is 15.8. The Morgan fingerprint density at radius 2 is 1.76 bits per heavy atom. The minimum absolute atomic E-state index is 0.0599. The molecule has 0 aliphatic rings. The average molecular weight is 270 g/mol. The van der Waals surface area contributed by atoms with Crippen LogP contribution in [0.25, 0.3) is 0 Å². The topological polar surface area (TPSA) is 63.6 Å². The molecule has 5 nitrogen and oxygen atoms in total. The molecular formula is C10H9Cl2N5. The van der Waals surface area contributed by atoms with Gasteiger partial charge in [-0.1, -0.05) is 6.07 Å². The van der Waals surface area contributed by atoms with Crippen LogP contribution in [-0.4, -0.2) is 19.9 Å². The Morgan fingerprint density at radius 3 is 2.41 bits per heavy atom. The van der Waals surface area contributed by atoms with Crippen molar-refractivity contribution in [3.05, 3.63) is 40.2 Å². The molecule has 0 bridgehead atoms. The van der Waals surface area contributed by atoms with E-state index in [1.807, 2.05) is 25.1 Å². The van der Waals surface area contributed by atoms with Gasteiger partial charge in [0.05, 0.1) is 12.2 Å². The Bertz CT molecular complexity index is 512. The van der Waals surface area contributed by atoms with E-state index in [1.165, 1.54) is 0 Å². The highest BCUT2D eigenvalue weighted by atomic mass is 35.5. The lowest BCUT2D eigenvalue weighted by Crippen LogP contribution is -2.06. The zero-order valence-electron chi connectivity index (χ0n) is 8.98. The summed E-state index contributed by atoms with van der Waals surface area (Å²) in [5.74, 6) is 0.332. The maximum atomic E-state index is 5.65. The number of anilines is 1. The van der Waals surface area contributed by atoms with E-state index in [4.69, 9.17) is 23.2 Å². The molecule has 0 spiro atoms. The van der Waals surface area contributed by atoms with Crippen molar-refractivity contribution < 1.29 is 0 Å². The van der Waals surface area contributed by atoms with Gasteiger partial charge in [-0.15, -0.1) is 0 Å². The van der Waals surface area contributed by atoms with E-state index >= 15 is 0 Å². The fourth-order valence-corrected chi connectivity index (χ4v) is 1.64. The van der Waals surface area contributed by atoms with Crippen molar-refractivity contribution in [1.82, 2.24) is 19.9 Å². The highest BCUT2D eigenvalue weighted by molar-refractivity contribution is 6.31. The molecule has 0 aliphatic heterocycles. The molecule has 0 radical (unpaired) electrons. The first-order chi connectivity index (χ1) is 8.13. The second-order valence-corrected chi connectivity index (χ2v) is 4.00. The van der Waals surface area contributed by atoms with Crippen molar-refractivity contribution in [2.75, 3.05) is 5.32 Å². The maximum absolute atomic E-state index is 5.65. The summed E-state index contributed by atoms with van der Waals surface area (Å²) >= 11 is 11.3. The van der Waals surface area contributed by atoms with E-state index in [1.54, 1.807) is 0 Å². The van der Waals surface area contributed by atoms with Gasteiger partial charge in [-0.05, 0) is 42.3 Å². The van der Waals surface area contributed by atoms with Gasteiger partial charge >= 0.3 is 0 Å². The van der Waals surface area contributed by atoms with Crippen LogP contribution in [0.5, 0.6) is 0 Å². The van der Waals surface area contributed by atoms with Gasteiger partial charge < -0.3 is 5.32 Å². The van der Waals surface area contributed by atoms with Crippen molar-refractivity contribution in [3.63, 3.8) is 0 Å². The van der Waals surface area contributed by atoms with Gasteiger partial charge in [0.25, 0.3) is 0 Å². The van der Waals surface area contributed by atoms with Crippen LogP contribution in [0.3, 0.4) is 0 Å². The molecule has 0 saturated carbocycles. The number of hydrogen-bond donors (Lipinski definition) is 1. The summed E-state index contributed by atoms with van der Waals surface area (Å²) in [5, 5.41) is 3.10. The van der Waals surface area contributed by atoms with Gasteiger partial charge in [-0.3, -0.25) is 4.98 Å². The van der Waals surface area contributed by atoms with E-state index in [2.05, 4.69) is 25.3 Å². The number of pyridine rings is 1. The Balaban J connectivity index is 2.07. The predicted molar refractivity (Wildman–Crippen MR) is 66.1 cm³/mol. The molecule has 88 valence electrons. The molecule has 0 aromatic carbocycles. The van der Waals surface area contributed by atoms with Crippen molar-refractivity contribution in [3.8, 4) is 0 Å². The van der Waals surface area contributed by atoms with Crippen molar-refractivity contribution in [1.29, 1.82) is 0 Å². The Hall–Kier alpha value is -1.46. The van der Waals surface area contributed by atoms with Gasteiger partial charge in [-0.25, -0.2) is 0 Å². The molecule has 1 N–H and O–H groups in total. The Morgan fingerprint density at radius 1 is 1.06 bits per heavy atom. The van der Waals surface area contributed by atoms with Crippen LogP contribution < -0.4 is 5.32 Å². The first-order valence-electron chi connectivity index (χ1n) is 4.87. The third-order valence-electron chi connectivity index (χ3n) is 1.95. The predicted octanol–water partition coefficient (Wildman–Crippen LogP) is 2.49. The number of nitrogens with one attached hydrogen (secondary N) is 1. The van der Waals surface area contributed by atoms with Crippen molar-refractivity contribution in [2.45, 2.75) is 13.5 Å². The average Bonchev–Trinajstić information content (AvgIpc) is 2.25. The van der Waals surface area contributed by atoms with Crippen LogP contribution in [0.1, 0.15) is 11.4 Å². The third kappa shape index (κ3) is 3.51. The smallest absolute Gasteiger partial charge is 0.228 e. The zero-order valence-corrected chi connectivity index (χ0v) is 10.5. The van der Waals surface area contributed by atoms with Gasteiger partial charge in [0, 0.05) is 5.69 Å². The number of halogens is 2. The molecule has 0 unspecified atom stereocenters. The van der Waals surface area contributed by atoms with E-state index in [0.29, 0.717) is 12.5 Å². The number of rotatable bonds is 3. The molecule has 17 heavy (non-hydrogen) atoms. The SMILES string of the molecule is Cc1cccc(CNc2nc(Cl)nc(Cl)n2)n1. The molecule has 0 saturated heterocycles. The van der Waals surface area contributed by atoms with E-state index in [9.17, 15) is 0 Å².